The Morgan fingerprint density at radius 2 is 1.50 bits per heavy atom. The predicted molar refractivity (Wildman–Crippen MR) is 57.9 cm³/mol. The lowest BCUT2D eigenvalue weighted by molar-refractivity contribution is -0.113. The Kier molecular flexibility index (Phi) is 3.05. The van der Waals surface area contributed by atoms with Gasteiger partial charge in [-0.05, 0) is 56.3 Å². The van der Waals surface area contributed by atoms with Crippen molar-refractivity contribution in [3.63, 3.8) is 0 Å². The van der Waals surface area contributed by atoms with E-state index in [9.17, 15) is 4.79 Å². The lowest BCUT2D eigenvalue weighted by Gasteiger charge is -2.40. The van der Waals surface area contributed by atoms with Gasteiger partial charge in [-0.25, -0.2) is 0 Å². The van der Waals surface area contributed by atoms with E-state index in [-0.39, 0.29) is 0 Å². The fourth-order valence-corrected chi connectivity index (χ4v) is 3.30. The summed E-state index contributed by atoms with van der Waals surface area (Å²) in [5.41, 5.74) is 0. The topological polar surface area (TPSA) is 17.1 Å². The third kappa shape index (κ3) is 1.92. The molecule has 4 atom stereocenters. The Morgan fingerprint density at radius 3 is 2.07 bits per heavy atom. The van der Waals surface area contributed by atoms with Gasteiger partial charge in [-0.1, -0.05) is 6.08 Å². The zero-order chi connectivity index (χ0) is 9.97. The number of aldehydes is 1. The summed E-state index contributed by atoms with van der Waals surface area (Å²) in [4.78, 5) is 10.7. The average molecular weight is 192 g/mol. The van der Waals surface area contributed by atoms with E-state index in [1.54, 1.807) is 0 Å². The summed E-state index contributed by atoms with van der Waals surface area (Å²) in [6.07, 6.45) is 10.8. The van der Waals surface area contributed by atoms with E-state index in [1.165, 1.54) is 32.0 Å². The van der Waals surface area contributed by atoms with Crippen LogP contribution in [0.1, 0.15) is 38.5 Å². The smallest absolute Gasteiger partial charge is 0.123 e. The number of fused-ring (bicyclic) bond motifs is 1. The molecule has 2 rings (SSSR count). The summed E-state index contributed by atoms with van der Waals surface area (Å²) in [5.74, 6) is 2.86. The molecule has 2 fully saturated rings. The molecule has 0 aliphatic heterocycles. The molecular formula is C13H20O. The van der Waals surface area contributed by atoms with Crippen LogP contribution in [0.4, 0.5) is 0 Å². The highest BCUT2D eigenvalue weighted by Crippen LogP contribution is 2.44. The molecule has 0 radical (unpaired) electrons. The Labute approximate surface area is 86.6 Å². The number of allylic oxidation sites excluding steroid dienone is 1. The molecule has 0 amide bonds. The average Bonchev–Trinajstić information content (AvgIpc) is 2.27. The number of carbonyl (C=O) groups is 1. The molecule has 0 N–H and O–H groups in total. The van der Waals surface area contributed by atoms with Crippen LogP contribution in [0, 0.1) is 23.7 Å². The Bertz CT molecular complexity index is 197. The van der Waals surface area contributed by atoms with Crippen LogP contribution in [0.5, 0.6) is 0 Å². The quantitative estimate of drug-likeness (QED) is 0.485. The Morgan fingerprint density at radius 1 is 0.929 bits per heavy atom. The van der Waals surface area contributed by atoms with E-state index in [1.807, 2.05) is 0 Å². The fraction of sp³-hybridized carbons (Fsp3) is 0.769. The standard InChI is InChI=1S/C13H20O/c1-2-10-3-5-13-8-11(9-14)4-6-12(13)7-10/h2,9-13H,1,3-8H2. The van der Waals surface area contributed by atoms with Gasteiger partial charge in [0.1, 0.15) is 6.29 Å². The molecule has 0 bridgehead atoms. The molecule has 2 aliphatic rings. The molecule has 2 aliphatic carbocycles. The van der Waals surface area contributed by atoms with E-state index < -0.39 is 0 Å². The first-order valence-corrected chi connectivity index (χ1v) is 5.91. The van der Waals surface area contributed by atoms with Gasteiger partial charge in [0.25, 0.3) is 0 Å². The second-order valence-corrected chi connectivity index (χ2v) is 5.04. The summed E-state index contributed by atoms with van der Waals surface area (Å²) in [7, 11) is 0. The Hall–Kier alpha value is -0.590. The van der Waals surface area contributed by atoms with Gasteiger partial charge in [-0.2, -0.15) is 0 Å². The van der Waals surface area contributed by atoms with Crippen LogP contribution in [0.2, 0.25) is 0 Å². The van der Waals surface area contributed by atoms with Gasteiger partial charge in [-0.15, -0.1) is 6.58 Å². The molecule has 14 heavy (non-hydrogen) atoms. The van der Waals surface area contributed by atoms with Crippen LogP contribution in [-0.4, -0.2) is 6.29 Å². The van der Waals surface area contributed by atoms with E-state index in [4.69, 9.17) is 0 Å². The van der Waals surface area contributed by atoms with Crippen molar-refractivity contribution in [2.24, 2.45) is 23.7 Å². The molecule has 0 aromatic carbocycles. The van der Waals surface area contributed by atoms with E-state index in [2.05, 4.69) is 12.7 Å². The third-order valence-electron chi connectivity index (χ3n) is 4.22. The van der Waals surface area contributed by atoms with E-state index in [0.717, 1.165) is 30.6 Å². The van der Waals surface area contributed by atoms with Crippen molar-refractivity contribution in [1.29, 1.82) is 0 Å². The van der Waals surface area contributed by atoms with Crippen molar-refractivity contribution in [3.8, 4) is 0 Å². The fourth-order valence-electron chi connectivity index (χ4n) is 3.30. The first-order chi connectivity index (χ1) is 6.83. The minimum atomic E-state index is 0.372. The van der Waals surface area contributed by atoms with Crippen LogP contribution in [0.3, 0.4) is 0 Å². The second-order valence-electron chi connectivity index (χ2n) is 5.04. The molecule has 4 unspecified atom stereocenters. The summed E-state index contributed by atoms with van der Waals surface area (Å²) in [6.45, 7) is 3.90. The largest absolute Gasteiger partial charge is 0.303 e. The summed E-state index contributed by atoms with van der Waals surface area (Å²) in [5, 5.41) is 0. The normalized spacial score (nSPS) is 42.6. The number of rotatable bonds is 2. The molecule has 0 heterocycles. The highest BCUT2D eigenvalue weighted by Gasteiger charge is 2.34. The molecule has 78 valence electrons. The van der Waals surface area contributed by atoms with Gasteiger partial charge in [-0.3, -0.25) is 0 Å². The molecule has 1 heteroatoms. The molecule has 0 spiro atoms. The highest BCUT2D eigenvalue weighted by atomic mass is 16.1. The molecule has 1 nitrogen and oxygen atoms in total. The van der Waals surface area contributed by atoms with Crippen LogP contribution in [-0.2, 0) is 4.79 Å². The molecular weight excluding hydrogens is 172 g/mol. The number of hydrogen-bond acceptors (Lipinski definition) is 1. The molecule has 0 aromatic rings. The minimum absolute atomic E-state index is 0.372. The maximum absolute atomic E-state index is 10.7. The second kappa shape index (κ2) is 4.29. The van der Waals surface area contributed by atoms with Crippen molar-refractivity contribution in [3.05, 3.63) is 12.7 Å². The maximum atomic E-state index is 10.7. The number of carbonyl (C=O) groups excluding carboxylic acids is 1. The van der Waals surface area contributed by atoms with Crippen LogP contribution in [0.15, 0.2) is 12.7 Å². The van der Waals surface area contributed by atoms with Gasteiger partial charge in [0.05, 0.1) is 0 Å². The lowest BCUT2D eigenvalue weighted by Crippen LogP contribution is -2.30. The van der Waals surface area contributed by atoms with Crippen LogP contribution >= 0.6 is 0 Å². The summed E-state index contributed by atoms with van der Waals surface area (Å²) < 4.78 is 0. The van der Waals surface area contributed by atoms with Crippen molar-refractivity contribution in [2.75, 3.05) is 0 Å². The van der Waals surface area contributed by atoms with Crippen LogP contribution in [0.25, 0.3) is 0 Å². The van der Waals surface area contributed by atoms with Gasteiger partial charge in [0, 0.05) is 5.92 Å². The van der Waals surface area contributed by atoms with Crippen molar-refractivity contribution < 1.29 is 4.79 Å². The molecule has 2 saturated carbocycles. The monoisotopic (exact) mass is 192 g/mol. The van der Waals surface area contributed by atoms with Crippen molar-refractivity contribution in [1.82, 2.24) is 0 Å². The van der Waals surface area contributed by atoms with Gasteiger partial charge >= 0.3 is 0 Å². The summed E-state index contributed by atoms with van der Waals surface area (Å²) in [6, 6.07) is 0. The maximum Gasteiger partial charge on any atom is 0.123 e. The molecule has 0 saturated heterocycles. The highest BCUT2D eigenvalue weighted by molar-refractivity contribution is 5.53. The molecule has 0 aromatic heterocycles. The SMILES string of the molecule is C=CC1CCC2CC(C=O)CCC2C1. The first kappa shape index (κ1) is 9.95. The predicted octanol–water partition coefficient (Wildman–Crippen LogP) is 3.20. The van der Waals surface area contributed by atoms with Crippen LogP contribution < -0.4 is 0 Å². The number of hydrogen-bond donors (Lipinski definition) is 0. The minimum Gasteiger partial charge on any atom is -0.303 e. The zero-order valence-corrected chi connectivity index (χ0v) is 8.82. The van der Waals surface area contributed by atoms with E-state index >= 15 is 0 Å². The van der Waals surface area contributed by atoms with Gasteiger partial charge < -0.3 is 4.79 Å². The summed E-state index contributed by atoms with van der Waals surface area (Å²) >= 11 is 0. The third-order valence-corrected chi connectivity index (χ3v) is 4.22. The van der Waals surface area contributed by atoms with Gasteiger partial charge in [0.2, 0.25) is 0 Å². The van der Waals surface area contributed by atoms with Crippen molar-refractivity contribution >= 4 is 6.29 Å². The van der Waals surface area contributed by atoms with Crippen molar-refractivity contribution in [2.45, 2.75) is 38.5 Å². The first-order valence-electron chi connectivity index (χ1n) is 5.91. The Balaban J connectivity index is 1.94. The van der Waals surface area contributed by atoms with Gasteiger partial charge in [0.15, 0.2) is 0 Å². The van der Waals surface area contributed by atoms with E-state index in [0.29, 0.717) is 5.92 Å². The zero-order valence-electron chi connectivity index (χ0n) is 8.82. The lowest BCUT2D eigenvalue weighted by atomic mass is 9.65.